The van der Waals surface area contributed by atoms with Gasteiger partial charge in [-0.3, -0.25) is 14.3 Å². The van der Waals surface area contributed by atoms with Gasteiger partial charge in [-0.25, -0.2) is 9.78 Å². The summed E-state index contributed by atoms with van der Waals surface area (Å²) in [7, 11) is 0. The first-order valence-corrected chi connectivity index (χ1v) is 7.63. The average molecular weight is 309 g/mol. The fourth-order valence-electron chi connectivity index (χ4n) is 2.02. The minimum absolute atomic E-state index is 0.158. The van der Waals surface area contributed by atoms with E-state index in [1.54, 1.807) is 0 Å². The third kappa shape index (κ3) is 3.15. The van der Waals surface area contributed by atoms with Gasteiger partial charge in [0.2, 0.25) is 0 Å². The van der Waals surface area contributed by atoms with Crippen LogP contribution < -0.4 is 22.3 Å². The Morgan fingerprint density at radius 1 is 1.52 bits per heavy atom. The molecule has 7 nitrogen and oxygen atoms in total. The number of aromatic nitrogens is 3. The summed E-state index contributed by atoms with van der Waals surface area (Å²) in [6, 6.07) is -0.167. The fraction of sp³-hybridized carbons (Fsp3) is 0.462. The SMILES string of the molecule is CCCn1c(N)c(NC(C)c2nc(C)cs2)c(=O)[nH]c1=O. The van der Waals surface area contributed by atoms with E-state index in [1.165, 1.54) is 15.9 Å². The molecule has 0 aliphatic carbocycles. The molecule has 0 aliphatic heterocycles. The molecule has 0 spiro atoms. The van der Waals surface area contributed by atoms with Gasteiger partial charge in [-0.1, -0.05) is 6.92 Å². The molecule has 4 N–H and O–H groups in total. The standard InChI is InChI=1S/C13H19N5O2S/c1-4-5-18-10(14)9(11(19)17-13(18)20)16-8(3)12-15-7(2)6-21-12/h6,8,16H,4-5,14H2,1-3H3,(H,17,19,20). The number of nitrogen functional groups attached to an aromatic ring is 1. The van der Waals surface area contributed by atoms with Gasteiger partial charge in [-0.05, 0) is 20.3 Å². The van der Waals surface area contributed by atoms with E-state index in [-0.39, 0.29) is 17.5 Å². The molecular weight excluding hydrogens is 290 g/mol. The Kier molecular flexibility index (Phi) is 4.46. The Hall–Kier alpha value is -2.09. The second-order valence-electron chi connectivity index (χ2n) is 4.86. The monoisotopic (exact) mass is 309 g/mol. The molecule has 0 saturated heterocycles. The van der Waals surface area contributed by atoms with E-state index in [0.29, 0.717) is 6.54 Å². The minimum Gasteiger partial charge on any atom is -0.383 e. The third-order valence-electron chi connectivity index (χ3n) is 3.05. The highest BCUT2D eigenvalue weighted by Crippen LogP contribution is 2.22. The average Bonchev–Trinajstić information content (AvgIpc) is 2.86. The Balaban J connectivity index is 2.38. The Labute approximate surface area is 125 Å². The number of hydrogen-bond acceptors (Lipinski definition) is 6. The van der Waals surface area contributed by atoms with Crippen LogP contribution in [0.5, 0.6) is 0 Å². The molecule has 0 aliphatic rings. The highest BCUT2D eigenvalue weighted by atomic mass is 32.1. The summed E-state index contributed by atoms with van der Waals surface area (Å²) in [4.78, 5) is 30.4. The summed E-state index contributed by atoms with van der Waals surface area (Å²) in [6.45, 7) is 6.20. The van der Waals surface area contributed by atoms with Crippen molar-refractivity contribution >= 4 is 22.8 Å². The van der Waals surface area contributed by atoms with Crippen LogP contribution in [0.25, 0.3) is 0 Å². The van der Waals surface area contributed by atoms with Crippen molar-refractivity contribution in [2.45, 2.75) is 39.8 Å². The molecule has 0 amide bonds. The molecule has 2 heterocycles. The Morgan fingerprint density at radius 2 is 2.24 bits per heavy atom. The molecule has 2 rings (SSSR count). The van der Waals surface area contributed by atoms with Gasteiger partial charge in [-0.2, -0.15) is 0 Å². The molecule has 0 fully saturated rings. The van der Waals surface area contributed by atoms with Gasteiger partial charge in [0.15, 0.2) is 0 Å². The summed E-state index contributed by atoms with van der Waals surface area (Å²) in [5, 5.41) is 5.86. The van der Waals surface area contributed by atoms with Crippen LogP contribution in [-0.4, -0.2) is 14.5 Å². The molecule has 0 saturated carbocycles. The third-order valence-corrected chi connectivity index (χ3v) is 4.20. The second kappa shape index (κ2) is 6.13. The Bertz CT molecular complexity index is 746. The van der Waals surface area contributed by atoms with E-state index in [0.717, 1.165) is 17.1 Å². The molecule has 1 unspecified atom stereocenters. The zero-order valence-corrected chi connectivity index (χ0v) is 13.1. The van der Waals surface area contributed by atoms with Gasteiger partial charge in [0.05, 0.1) is 6.04 Å². The number of rotatable bonds is 5. The van der Waals surface area contributed by atoms with E-state index in [1.807, 2.05) is 26.2 Å². The molecule has 2 aromatic rings. The molecule has 8 heteroatoms. The number of hydrogen-bond donors (Lipinski definition) is 3. The predicted octanol–water partition coefficient (Wildman–Crippen LogP) is 1.47. The van der Waals surface area contributed by atoms with Gasteiger partial charge >= 0.3 is 5.69 Å². The maximum absolute atomic E-state index is 12.0. The molecule has 0 aromatic carbocycles. The molecule has 2 aromatic heterocycles. The van der Waals surface area contributed by atoms with Crippen LogP contribution in [0.3, 0.4) is 0 Å². The fourth-order valence-corrected chi connectivity index (χ4v) is 2.83. The van der Waals surface area contributed by atoms with Crippen molar-refractivity contribution in [2.24, 2.45) is 0 Å². The minimum atomic E-state index is -0.509. The lowest BCUT2D eigenvalue weighted by Crippen LogP contribution is -2.34. The van der Waals surface area contributed by atoms with Crippen molar-refractivity contribution in [1.82, 2.24) is 14.5 Å². The maximum Gasteiger partial charge on any atom is 0.330 e. The first-order valence-electron chi connectivity index (χ1n) is 6.75. The normalized spacial score (nSPS) is 12.3. The molecule has 0 radical (unpaired) electrons. The van der Waals surface area contributed by atoms with E-state index in [2.05, 4.69) is 15.3 Å². The number of nitrogens with one attached hydrogen (secondary N) is 2. The van der Waals surface area contributed by atoms with Crippen molar-refractivity contribution in [1.29, 1.82) is 0 Å². The predicted molar refractivity (Wildman–Crippen MR) is 84.9 cm³/mol. The number of aromatic amines is 1. The zero-order valence-electron chi connectivity index (χ0n) is 12.3. The summed E-state index contributed by atoms with van der Waals surface area (Å²) < 4.78 is 1.36. The van der Waals surface area contributed by atoms with Crippen LogP contribution in [0.4, 0.5) is 11.5 Å². The quantitative estimate of drug-likeness (QED) is 0.775. The van der Waals surface area contributed by atoms with Gasteiger partial charge < -0.3 is 11.1 Å². The zero-order chi connectivity index (χ0) is 15.6. The topological polar surface area (TPSA) is 106 Å². The summed E-state index contributed by atoms with van der Waals surface area (Å²) in [5.74, 6) is 0.158. The smallest absolute Gasteiger partial charge is 0.330 e. The number of nitrogens with two attached hydrogens (primary N) is 1. The van der Waals surface area contributed by atoms with Crippen molar-refractivity contribution in [3.05, 3.63) is 36.9 Å². The number of H-pyrrole nitrogens is 1. The van der Waals surface area contributed by atoms with E-state index < -0.39 is 11.2 Å². The second-order valence-corrected chi connectivity index (χ2v) is 5.75. The van der Waals surface area contributed by atoms with Crippen molar-refractivity contribution in [3.63, 3.8) is 0 Å². The largest absolute Gasteiger partial charge is 0.383 e. The van der Waals surface area contributed by atoms with Gasteiger partial charge in [0.25, 0.3) is 5.56 Å². The van der Waals surface area contributed by atoms with Gasteiger partial charge in [-0.15, -0.1) is 11.3 Å². The van der Waals surface area contributed by atoms with Crippen LogP contribution in [0, 0.1) is 6.92 Å². The van der Waals surface area contributed by atoms with Crippen LogP contribution >= 0.6 is 11.3 Å². The van der Waals surface area contributed by atoms with Crippen LogP contribution in [0.2, 0.25) is 0 Å². The van der Waals surface area contributed by atoms with Gasteiger partial charge in [0, 0.05) is 17.6 Å². The summed E-state index contributed by atoms with van der Waals surface area (Å²) in [6.07, 6.45) is 0.747. The highest BCUT2D eigenvalue weighted by molar-refractivity contribution is 7.09. The lowest BCUT2D eigenvalue weighted by molar-refractivity contribution is 0.641. The van der Waals surface area contributed by atoms with E-state index >= 15 is 0 Å². The first kappa shape index (κ1) is 15.3. The maximum atomic E-state index is 12.0. The highest BCUT2D eigenvalue weighted by Gasteiger charge is 2.16. The first-order chi connectivity index (χ1) is 9.93. The molecule has 0 bridgehead atoms. The summed E-state index contributed by atoms with van der Waals surface area (Å²) >= 11 is 1.51. The number of aryl methyl sites for hydroxylation is 1. The van der Waals surface area contributed by atoms with Crippen molar-refractivity contribution in [3.8, 4) is 0 Å². The lowest BCUT2D eigenvalue weighted by Gasteiger charge is -2.16. The molecular formula is C13H19N5O2S. The molecule has 21 heavy (non-hydrogen) atoms. The van der Waals surface area contributed by atoms with E-state index in [9.17, 15) is 9.59 Å². The van der Waals surface area contributed by atoms with E-state index in [4.69, 9.17) is 5.73 Å². The van der Waals surface area contributed by atoms with Crippen molar-refractivity contribution in [2.75, 3.05) is 11.1 Å². The lowest BCUT2D eigenvalue weighted by atomic mass is 10.3. The number of anilines is 2. The van der Waals surface area contributed by atoms with Crippen LogP contribution in [0.1, 0.15) is 37.0 Å². The number of nitrogens with zero attached hydrogens (tertiary/aromatic N) is 2. The molecule has 114 valence electrons. The van der Waals surface area contributed by atoms with Crippen LogP contribution in [-0.2, 0) is 6.54 Å². The summed E-state index contributed by atoms with van der Waals surface area (Å²) in [5.41, 5.74) is 6.12. The molecule has 1 atom stereocenters. The Morgan fingerprint density at radius 3 is 2.81 bits per heavy atom. The van der Waals surface area contributed by atoms with Crippen molar-refractivity contribution < 1.29 is 0 Å². The number of thiazole rings is 1. The van der Waals surface area contributed by atoms with Crippen LogP contribution in [0.15, 0.2) is 15.0 Å². The van der Waals surface area contributed by atoms with Gasteiger partial charge in [0.1, 0.15) is 16.5 Å².